The SMILES string of the molecule is COc1ccc2c(c1)-c1nn(CCN3CCCC3)c3ccc([N+](=O)[O-])c(c13)O2. The number of nitro groups is 1. The predicted molar refractivity (Wildman–Crippen MR) is 104 cm³/mol. The summed E-state index contributed by atoms with van der Waals surface area (Å²) in [6, 6.07) is 8.68. The second-order valence-electron chi connectivity index (χ2n) is 7.15. The van der Waals surface area contributed by atoms with Crippen LogP contribution in [0, 0.1) is 10.1 Å². The minimum atomic E-state index is -0.408. The molecule has 0 N–H and O–H groups in total. The number of aromatic nitrogens is 2. The molecule has 0 unspecified atom stereocenters. The second-order valence-corrected chi connectivity index (χ2v) is 7.15. The van der Waals surface area contributed by atoms with Gasteiger partial charge in [0.2, 0.25) is 5.75 Å². The molecule has 1 aromatic heterocycles. The Morgan fingerprint density at radius 1 is 1.21 bits per heavy atom. The molecule has 3 aromatic rings. The number of likely N-dealkylation sites (tertiary alicyclic amines) is 1. The molecule has 2 aromatic carbocycles. The Balaban J connectivity index is 1.66. The lowest BCUT2D eigenvalue weighted by molar-refractivity contribution is -0.385. The third-order valence-electron chi connectivity index (χ3n) is 5.53. The zero-order valence-electron chi connectivity index (χ0n) is 15.6. The van der Waals surface area contributed by atoms with Crippen LogP contribution < -0.4 is 9.47 Å². The fraction of sp³-hybridized carbons (Fsp3) is 0.350. The van der Waals surface area contributed by atoms with Crippen molar-refractivity contribution in [2.75, 3.05) is 26.7 Å². The van der Waals surface area contributed by atoms with E-state index in [1.165, 1.54) is 18.9 Å². The Morgan fingerprint density at radius 3 is 2.79 bits per heavy atom. The summed E-state index contributed by atoms with van der Waals surface area (Å²) >= 11 is 0. The number of benzene rings is 2. The molecule has 3 heterocycles. The van der Waals surface area contributed by atoms with Gasteiger partial charge in [-0.15, -0.1) is 0 Å². The van der Waals surface area contributed by atoms with Gasteiger partial charge in [-0.3, -0.25) is 14.8 Å². The zero-order chi connectivity index (χ0) is 19.3. The minimum Gasteiger partial charge on any atom is -0.497 e. The van der Waals surface area contributed by atoms with E-state index in [0.29, 0.717) is 22.6 Å². The molecular formula is C20H20N4O4. The van der Waals surface area contributed by atoms with Crippen LogP contribution in [0.4, 0.5) is 5.69 Å². The van der Waals surface area contributed by atoms with E-state index < -0.39 is 4.92 Å². The third-order valence-corrected chi connectivity index (χ3v) is 5.53. The maximum Gasteiger partial charge on any atom is 0.312 e. The predicted octanol–water partition coefficient (Wildman–Crippen LogP) is 3.82. The average molecular weight is 380 g/mol. The van der Waals surface area contributed by atoms with Crippen molar-refractivity contribution in [1.29, 1.82) is 0 Å². The van der Waals surface area contributed by atoms with Gasteiger partial charge < -0.3 is 14.4 Å². The first-order valence-electron chi connectivity index (χ1n) is 9.42. The molecule has 0 saturated carbocycles. The number of nitrogens with zero attached hydrogens (tertiary/aromatic N) is 4. The molecular weight excluding hydrogens is 360 g/mol. The molecule has 0 radical (unpaired) electrons. The highest BCUT2D eigenvalue weighted by atomic mass is 16.6. The molecule has 8 nitrogen and oxygen atoms in total. The summed E-state index contributed by atoms with van der Waals surface area (Å²) in [5.74, 6) is 1.51. The summed E-state index contributed by atoms with van der Waals surface area (Å²) in [4.78, 5) is 13.6. The maximum absolute atomic E-state index is 11.6. The van der Waals surface area contributed by atoms with Gasteiger partial charge >= 0.3 is 5.69 Å². The zero-order valence-corrected chi connectivity index (χ0v) is 15.6. The summed E-state index contributed by atoms with van der Waals surface area (Å²) in [5.41, 5.74) is 2.30. The number of nitro benzene ring substituents is 1. The van der Waals surface area contributed by atoms with Gasteiger partial charge in [0.25, 0.3) is 0 Å². The van der Waals surface area contributed by atoms with Gasteiger partial charge in [0.15, 0.2) is 0 Å². The van der Waals surface area contributed by atoms with Crippen LogP contribution >= 0.6 is 0 Å². The molecule has 8 heteroatoms. The number of ether oxygens (including phenoxy) is 2. The smallest absolute Gasteiger partial charge is 0.312 e. The minimum absolute atomic E-state index is 0.0469. The van der Waals surface area contributed by atoms with Crippen molar-refractivity contribution in [3.8, 4) is 28.5 Å². The van der Waals surface area contributed by atoms with Crippen LogP contribution in [0.5, 0.6) is 17.2 Å². The van der Waals surface area contributed by atoms with Crippen LogP contribution in [0.2, 0.25) is 0 Å². The first-order chi connectivity index (χ1) is 13.7. The van der Waals surface area contributed by atoms with E-state index in [1.807, 2.05) is 10.7 Å². The van der Waals surface area contributed by atoms with E-state index >= 15 is 0 Å². The van der Waals surface area contributed by atoms with Gasteiger partial charge in [0.1, 0.15) is 17.2 Å². The van der Waals surface area contributed by atoms with Gasteiger partial charge in [-0.2, -0.15) is 5.10 Å². The van der Waals surface area contributed by atoms with E-state index in [4.69, 9.17) is 14.6 Å². The van der Waals surface area contributed by atoms with E-state index in [9.17, 15) is 10.1 Å². The van der Waals surface area contributed by atoms with Gasteiger partial charge in [-0.1, -0.05) is 0 Å². The molecule has 0 atom stereocenters. The van der Waals surface area contributed by atoms with Crippen LogP contribution in [0.1, 0.15) is 12.8 Å². The van der Waals surface area contributed by atoms with Gasteiger partial charge in [0, 0.05) is 18.2 Å². The highest BCUT2D eigenvalue weighted by molar-refractivity contribution is 6.03. The molecule has 2 aliphatic heterocycles. The lowest BCUT2D eigenvalue weighted by Crippen LogP contribution is -2.24. The number of methoxy groups -OCH3 is 1. The van der Waals surface area contributed by atoms with E-state index in [-0.39, 0.29) is 11.4 Å². The molecule has 0 spiro atoms. The Kier molecular flexibility index (Phi) is 3.94. The van der Waals surface area contributed by atoms with Crippen molar-refractivity contribution < 1.29 is 14.4 Å². The summed E-state index contributed by atoms with van der Waals surface area (Å²) in [7, 11) is 1.61. The first kappa shape index (κ1) is 17.0. The molecule has 5 rings (SSSR count). The van der Waals surface area contributed by atoms with Crippen molar-refractivity contribution >= 4 is 16.6 Å². The third kappa shape index (κ3) is 2.60. The Morgan fingerprint density at radius 2 is 2.04 bits per heavy atom. The standard InChI is InChI=1S/C20H20N4O4/c1-27-13-4-7-17-14(12-13)19-18-15(5-6-16(24(25)26)20(18)28-17)23(21-19)11-10-22-8-2-3-9-22/h4-7,12H,2-3,8-11H2,1H3. The highest BCUT2D eigenvalue weighted by Crippen LogP contribution is 2.50. The van der Waals surface area contributed by atoms with Gasteiger partial charge in [-0.05, 0) is 50.2 Å². The Bertz CT molecular complexity index is 1090. The molecule has 1 fully saturated rings. The van der Waals surface area contributed by atoms with E-state index in [1.54, 1.807) is 25.3 Å². The largest absolute Gasteiger partial charge is 0.497 e. The van der Waals surface area contributed by atoms with Crippen molar-refractivity contribution in [2.24, 2.45) is 0 Å². The number of rotatable bonds is 5. The second kappa shape index (κ2) is 6.49. The summed E-state index contributed by atoms with van der Waals surface area (Å²) in [5, 5.41) is 17.1. The number of fused-ring (bicyclic) bond motifs is 2. The maximum atomic E-state index is 11.6. The van der Waals surface area contributed by atoms with Crippen LogP contribution in [0.15, 0.2) is 30.3 Å². The number of hydrogen-bond donors (Lipinski definition) is 0. The summed E-state index contributed by atoms with van der Waals surface area (Å²) in [6.07, 6.45) is 2.48. The summed E-state index contributed by atoms with van der Waals surface area (Å²) in [6.45, 7) is 3.87. The van der Waals surface area contributed by atoms with Crippen molar-refractivity contribution in [2.45, 2.75) is 19.4 Å². The summed E-state index contributed by atoms with van der Waals surface area (Å²) < 4.78 is 13.3. The topological polar surface area (TPSA) is 82.7 Å². The molecule has 28 heavy (non-hydrogen) atoms. The normalized spacial score (nSPS) is 15.5. The molecule has 144 valence electrons. The van der Waals surface area contributed by atoms with Crippen LogP contribution in [0.25, 0.3) is 22.2 Å². The monoisotopic (exact) mass is 380 g/mol. The van der Waals surface area contributed by atoms with Crippen LogP contribution in [-0.4, -0.2) is 46.3 Å². The molecule has 0 aliphatic carbocycles. The number of hydrogen-bond acceptors (Lipinski definition) is 6. The molecule has 1 saturated heterocycles. The van der Waals surface area contributed by atoms with Crippen molar-refractivity contribution in [3.63, 3.8) is 0 Å². The first-order valence-corrected chi connectivity index (χ1v) is 9.42. The fourth-order valence-electron chi connectivity index (χ4n) is 4.10. The van der Waals surface area contributed by atoms with Crippen molar-refractivity contribution in [1.82, 2.24) is 14.7 Å². The van der Waals surface area contributed by atoms with Crippen molar-refractivity contribution in [3.05, 3.63) is 40.4 Å². The molecule has 2 aliphatic rings. The highest BCUT2D eigenvalue weighted by Gasteiger charge is 2.31. The lowest BCUT2D eigenvalue weighted by Gasteiger charge is -2.17. The Hall–Kier alpha value is -3.13. The van der Waals surface area contributed by atoms with Crippen LogP contribution in [0.3, 0.4) is 0 Å². The fourth-order valence-corrected chi connectivity index (χ4v) is 4.10. The Labute approximate surface area is 161 Å². The van der Waals surface area contributed by atoms with Gasteiger partial charge in [0.05, 0.1) is 29.5 Å². The molecule has 0 bridgehead atoms. The molecule has 0 amide bonds. The lowest BCUT2D eigenvalue weighted by atomic mass is 10.0. The van der Waals surface area contributed by atoms with Crippen LogP contribution in [-0.2, 0) is 6.54 Å². The van der Waals surface area contributed by atoms with E-state index in [0.717, 1.165) is 37.3 Å². The van der Waals surface area contributed by atoms with Gasteiger partial charge in [-0.25, -0.2) is 0 Å². The quantitative estimate of drug-likeness (QED) is 0.387. The van der Waals surface area contributed by atoms with E-state index in [2.05, 4.69) is 4.90 Å². The average Bonchev–Trinajstić information content (AvgIpc) is 3.35.